The van der Waals surface area contributed by atoms with Crippen molar-refractivity contribution in [2.45, 2.75) is 40.2 Å². The predicted molar refractivity (Wildman–Crippen MR) is 73.4 cm³/mol. The summed E-state index contributed by atoms with van der Waals surface area (Å²) in [4.78, 5) is 11.5. The molecule has 0 saturated heterocycles. The van der Waals surface area contributed by atoms with Crippen LogP contribution in [0.4, 0.5) is 0 Å². The van der Waals surface area contributed by atoms with E-state index in [2.05, 4.69) is 30.5 Å². The van der Waals surface area contributed by atoms with Crippen LogP contribution in [0.3, 0.4) is 0 Å². The Morgan fingerprint density at radius 2 is 2.00 bits per heavy atom. The maximum atomic E-state index is 11.5. The van der Waals surface area contributed by atoms with E-state index in [0.717, 1.165) is 28.6 Å². The molecule has 0 aliphatic rings. The van der Waals surface area contributed by atoms with Crippen LogP contribution in [0.25, 0.3) is 10.9 Å². The van der Waals surface area contributed by atoms with E-state index in [1.54, 1.807) is 6.07 Å². The average Bonchev–Trinajstić information content (AvgIpc) is 2.62. The van der Waals surface area contributed by atoms with Crippen LogP contribution in [0.5, 0.6) is 0 Å². The zero-order valence-electron chi connectivity index (χ0n) is 11.3. The zero-order chi connectivity index (χ0) is 13.4. The van der Waals surface area contributed by atoms with Crippen molar-refractivity contribution in [3.63, 3.8) is 0 Å². The Hall–Kier alpha value is -1.77. The van der Waals surface area contributed by atoms with Gasteiger partial charge in [0, 0.05) is 17.1 Å². The molecule has 0 fully saturated rings. The Kier molecular flexibility index (Phi) is 3.16. The molecule has 96 valence electrons. The number of benzene rings is 1. The van der Waals surface area contributed by atoms with Crippen molar-refractivity contribution in [1.29, 1.82) is 0 Å². The minimum absolute atomic E-state index is 0.257. The lowest BCUT2D eigenvalue weighted by atomic mass is 10.0. The number of nitrogens with zero attached hydrogens (tertiary/aromatic N) is 1. The van der Waals surface area contributed by atoms with Gasteiger partial charge in [0.25, 0.3) is 0 Å². The maximum Gasteiger partial charge on any atom is 0.337 e. The molecule has 0 unspecified atom stereocenters. The third-order valence-corrected chi connectivity index (χ3v) is 3.34. The van der Waals surface area contributed by atoms with E-state index in [-0.39, 0.29) is 6.04 Å². The first-order valence-corrected chi connectivity index (χ1v) is 6.33. The first kappa shape index (κ1) is 12.7. The number of hydrogen-bond acceptors (Lipinski definition) is 1. The molecule has 3 nitrogen and oxygen atoms in total. The first-order chi connectivity index (χ1) is 8.45. The topological polar surface area (TPSA) is 42.2 Å². The smallest absolute Gasteiger partial charge is 0.337 e. The Bertz CT molecular complexity index is 608. The Morgan fingerprint density at radius 3 is 2.50 bits per heavy atom. The lowest BCUT2D eigenvalue weighted by molar-refractivity contribution is 0.0698. The van der Waals surface area contributed by atoms with Gasteiger partial charge in [-0.2, -0.15) is 0 Å². The highest BCUT2D eigenvalue weighted by atomic mass is 16.4. The van der Waals surface area contributed by atoms with E-state index in [0.29, 0.717) is 5.56 Å². The number of rotatable bonds is 3. The van der Waals surface area contributed by atoms with Crippen LogP contribution < -0.4 is 0 Å². The molecule has 0 atom stereocenters. The van der Waals surface area contributed by atoms with Gasteiger partial charge in [-0.3, -0.25) is 0 Å². The molecule has 1 aromatic carbocycles. The van der Waals surface area contributed by atoms with Gasteiger partial charge in [0.05, 0.1) is 11.1 Å². The standard InChI is InChI=1S/C15H19NO2/c1-5-11-7-12-6-10(4)16(9(2)3)14(12)13(8-11)15(17)18/h6-9H,5H2,1-4H3,(H,17,18). The van der Waals surface area contributed by atoms with Gasteiger partial charge in [0.2, 0.25) is 0 Å². The molecule has 18 heavy (non-hydrogen) atoms. The van der Waals surface area contributed by atoms with E-state index in [9.17, 15) is 9.90 Å². The molecule has 0 radical (unpaired) electrons. The highest BCUT2D eigenvalue weighted by Crippen LogP contribution is 2.28. The Morgan fingerprint density at radius 1 is 1.33 bits per heavy atom. The molecule has 2 rings (SSSR count). The molecule has 3 heteroatoms. The van der Waals surface area contributed by atoms with Gasteiger partial charge >= 0.3 is 5.97 Å². The van der Waals surface area contributed by atoms with Crippen molar-refractivity contribution < 1.29 is 9.90 Å². The van der Waals surface area contributed by atoms with Crippen molar-refractivity contribution in [1.82, 2.24) is 4.57 Å². The SMILES string of the molecule is CCc1cc(C(=O)O)c2c(c1)cc(C)n2C(C)C. The Balaban J connectivity index is 2.88. The number of aryl methyl sites for hydroxylation is 2. The molecule has 0 spiro atoms. The highest BCUT2D eigenvalue weighted by molar-refractivity contribution is 6.03. The fraction of sp³-hybridized carbons (Fsp3) is 0.400. The summed E-state index contributed by atoms with van der Waals surface area (Å²) in [7, 11) is 0. The predicted octanol–water partition coefficient (Wildman–Crippen LogP) is 3.79. The number of carboxylic acid groups (broad SMARTS) is 1. The summed E-state index contributed by atoms with van der Waals surface area (Å²) in [5.41, 5.74) is 3.43. The lowest BCUT2D eigenvalue weighted by Crippen LogP contribution is -2.07. The van der Waals surface area contributed by atoms with E-state index < -0.39 is 5.97 Å². The molecule has 2 aromatic rings. The summed E-state index contributed by atoms with van der Waals surface area (Å²) in [6.07, 6.45) is 0.849. The van der Waals surface area contributed by atoms with Crippen molar-refractivity contribution >= 4 is 16.9 Å². The largest absolute Gasteiger partial charge is 0.478 e. The quantitative estimate of drug-likeness (QED) is 0.893. The third-order valence-electron chi connectivity index (χ3n) is 3.34. The molecule has 1 heterocycles. The molecular formula is C15H19NO2. The second-order valence-corrected chi connectivity index (χ2v) is 4.99. The van der Waals surface area contributed by atoms with Gasteiger partial charge in [-0.25, -0.2) is 4.79 Å². The lowest BCUT2D eigenvalue weighted by Gasteiger charge is -2.14. The van der Waals surface area contributed by atoms with Gasteiger partial charge in [0.1, 0.15) is 0 Å². The second-order valence-electron chi connectivity index (χ2n) is 4.99. The highest BCUT2D eigenvalue weighted by Gasteiger charge is 2.17. The molecule has 0 bridgehead atoms. The molecule has 0 aliphatic carbocycles. The summed E-state index contributed by atoms with van der Waals surface area (Å²) in [6.45, 7) is 8.22. The van der Waals surface area contributed by atoms with Gasteiger partial charge in [-0.05, 0) is 51.0 Å². The summed E-state index contributed by atoms with van der Waals surface area (Å²) in [5, 5.41) is 10.4. The number of aromatic nitrogens is 1. The number of carbonyl (C=O) groups is 1. The summed E-state index contributed by atoms with van der Waals surface area (Å²) in [5.74, 6) is -0.852. The van der Waals surface area contributed by atoms with E-state index >= 15 is 0 Å². The van der Waals surface area contributed by atoms with Crippen LogP contribution in [-0.2, 0) is 6.42 Å². The zero-order valence-corrected chi connectivity index (χ0v) is 11.3. The van der Waals surface area contributed by atoms with E-state index in [1.807, 2.05) is 13.8 Å². The number of carboxylic acids is 1. The summed E-state index contributed by atoms with van der Waals surface area (Å²) in [6, 6.07) is 6.21. The van der Waals surface area contributed by atoms with Crippen LogP contribution in [0.2, 0.25) is 0 Å². The minimum Gasteiger partial charge on any atom is -0.478 e. The van der Waals surface area contributed by atoms with Gasteiger partial charge < -0.3 is 9.67 Å². The molecular weight excluding hydrogens is 226 g/mol. The molecule has 1 aromatic heterocycles. The molecule has 0 saturated carbocycles. The monoisotopic (exact) mass is 245 g/mol. The third kappa shape index (κ3) is 1.90. The Labute approximate surface area is 107 Å². The van der Waals surface area contributed by atoms with Gasteiger partial charge in [-0.15, -0.1) is 0 Å². The summed E-state index contributed by atoms with van der Waals surface area (Å²) < 4.78 is 2.10. The average molecular weight is 245 g/mol. The van der Waals surface area contributed by atoms with Crippen LogP contribution in [0, 0.1) is 6.92 Å². The van der Waals surface area contributed by atoms with Crippen molar-refractivity contribution in [3.8, 4) is 0 Å². The van der Waals surface area contributed by atoms with Gasteiger partial charge in [0.15, 0.2) is 0 Å². The molecule has 0 aliphatic heterocycles. The normalized spacial score (nSPS) is 11.4. The summed E-state index contributed by atoms with van der Waals surface area (Å²) >= 11 is 0. The van der Waals surface area contributed by atoms with Crippen LogP contribution in [0.1, 0.15) is 48.4 Å². The minimum atomic E-state index is -0.852. The fourth-order valence-electron chi connectivity index (χ4n) is 2.60. The number of hydrogen-bond donors (Lipinski definition) is 1. The van der Waals surface area contributed by atoms with E-state index in [4.69, 9.17) is 0 Å². The van der Waals surface area contributed by atoms with Crippen LogP contribution in [-0.4, -0.2) is 15.6 Å². The van der Waals surface area contributed by atoms with Crippen molar-refractivity contribution in [2.75, 3.05) is 0 Å². The van der Waals surface area contributed by atoms with E-state index in [1.165, 1.54) is 0 Å². The van der Waals surface area contributed by atoms with Crippen molar-refractivity contribution in [2.24, 2.45) is 0 Å². The first-order valence-electron chi connectivity index (χ1n) is 6.33. The van der Waals surface area contributed by atoms with Crippen LogP contribution >= 0.6 is 0 Å². The van der Waals surface area contributed by atoms with Gasteiger partial charge in [-0.1, -0.05) is 6.92 Å². The number of aromatic carboxylic acids is 1. The van der Waals surface area contributed by atoms with Crippen molar-refractivity contribution in [3.05, 3.63) is 35.0 Å². The fourth-order valence-corrected chi connectivity index (χ4v) is 2.60. The molecule has 0 amide bonds. The van der Waals surface area contributed by atoms with Crippen LogP contribution in [0.15, 0.2) is 18.2 Å². The maximum absolute atomic E-state index is 11.5. The second kappa shape index (κ2) is 4.48. The number of fused-ring (bicyclic) bond motifs is 1. The molecule has 1 N–H and O–H groups in total.